The number of H-pyrrole nitrogens is 1. The smallest absolute Gasteiger partial charge is 0.459 e. The summed E-state index contributed by atoms with van der Waals surface area (Å²) in [6, 6.07) is 7.38. The number of esters is 1. The van der Waals surface area contributed by atoms with Gasteiger partial charge in [0.1, 0.15) is 30.1 Å². The number of aliphatic hydroxyl groups is 2. The highest BCUT2D eigenvalue weighted by atomic mass is 31.2. The lowest BCUT2D eigenvalue weighted by atomic mass is 9.95. The number of carbonyl (C=O) groups is 1. The van der Waals surface area contributed by atoms with Gasteiger partial charge in [-0.05, 0) is 39.8 Å². The molecule has 0 spiro atoms. The third-order valence-electron chi connectivity index (χ3n) is 5.33. The molecule has 2 heterocycles. The number of rotatable bonds is 10. The molecule has 4 N–H and O–H groups in total. The van der Waals surface area contributed by atoms with Crippen molar-refractivity contribution < 1.29 is 42.5 Å². The third-order valence-corrected chi connectivity index (χ3v) is 6.95. The van der Waals surface area contributed by atoms with E-state index in [4.69, 9.17) is 18.5 Å². The van der Waals surface area contributed by atoms with Crippen molar-refractivity contribution in [2.24, 2.45) is 0 Å². The fourth-order valence-corrected chi connectivity index (χ4v) is 5.02. The molecule has 0 aliphatic carbocycles. The second-order valence-electron chi connectivity index (χ2n) is 8.91. The Kier molecular flexibility index (Phi) is 8.42. The predicted molar refractivity (Wildman–Crippen MR) is 126 cm³/mol. The maximum absolute atomic E-state index is 15.8. The molecule has 3 rings (SSSR count). The summed E-state index contributed by atoms with van der Waals surface area (Å²) in [5, 5.41) is 23.7. The van der Waals surface area contributed by atoms with Crippen molar-refractivity contribution >= 4 is 13.7 Å². The maximum Gasteiger partial charge on any atom is 0.459 e. The highest BCUT2D eigenvalue weighted by Crippen LogP contribution is 2.50. The molecule has 0 radical (unpaired) electrons. The molecule has 2 aromatic rings. The Hall–Kier alpha value is -2.87. The molecule has 1 aromatic carbocycles. The minimum absolute atomic E-state index is 0.0493. The second kappa shape index (κ2) is 10.9. The summed E-state index contributed by atoms with van der Waals surface area (Å²) < 4.78 is 51.0. The van der Waals surface area contributed by atoms with Crippen LogP contribution in [0.4, 0.5) is 4.39 Å². The van der Waals surface area contributed by atoms with E-state index >= 15 is 4.39 Å². The van der Waals surface area contributed by atoms with Gasteiger partial charge in [0.2, 0.25) is 0 Å². The van der Waals surface area contributed by atoms with E-state index in [1.165, 1.54) is 19.1 Å². The number of hydrogen-bond donors (Lipinski definition) is 4. The van der Waals surface area contributed by atoms with Gasteiger partial charge in [-0.3, -0.25) is 23.7 Å². The lowest BCUT2D eigenvalue weighted by molar-refractivity contribution is -0.204. The van der Waals surface area contributed by atoms with E-state index in [1.54, 1.807) is 32.0 Å². The first-order valence-corrected chi connectivity index (χ1v) is 12.8. The summed E-state index contributed by atoms with van der Waals surface area (Å²) in [6.45, 7) is 4.29. The zero-order chi connectivity index (χ0) is 27.6. The van der Waals surface area contributed by atoms with Gasteiger partial charge in [0.15, 0.2) is 6.23 Å². The Bertz CT molecular complexity index is 1270. The number of carbonyl (C=O) groups excluding carboxylic acids is 1. The van der Waals surface area contributed by atoms with E-state index in [2.05, 4.69) is 5.09 Å². The van der Waals surface area contributed by atoms with Crippen LogP contribution in [0.1, 0.15) is 33.9 Å². The van der Waals surface area contributed by atoms with Gasteiger partial charge in [0.05, 0.1) is 6.10 Å². The van der Waals surface area contributed by atoms with Crippen molar-refractivity contribution in [3.63, 3.8) is 0 Å². The van der Waals surface area contributed by atoms with Crippen LogP contribution < -0.4 is 20.9 Å². The topological polar surface area (TPSA) is 178 Å². The molecular formula is C22H29FN3O10P. The van der Waals surface area contributed by atoms with E-state index in [-0.39, 0.29) is 5.75 Å². The van der Waals surface area contributed by atoms with Gasteiger partial charge in [-0.15, -0.1) is 0 Å². The number of hydrogen-bond acceptors (Lipinski definition) is 10. The SMILES string of the molecule is CC(C)OC(=O)C(C)N[P@](=O)(OC[C@@]1(F)O[C@@H](n2ccc(=O)[nH]c2=O)[C@](C)(O)[C@@H]1O)Oc1ccccc1. The van der Waals surface area contributed by atoms with Crippen molar-refractivity contribution in [2.45, 2.75) is 63.6 Å². The molecule has 15 heteroatoms. The fraction of sp³-hybridized carbons (Fsp3) is 0.500. The van der Waals surface area contributed by atoms with E-state index in [1.807, 2.05) is 4.98 Å². The number of benzene rings is 1. The van der Waals surface area contributed by atoms with Gasteiger partial charge in [-0.25, -0.2) is 13.8 Å². The van der Waals surface area contributed by atoms with Crippen molar-refractivity contribution in [1.82, 2.24) is 14.6 Å². The molecule has 1 fully saturated rings. The highest BCUT2D eigenvalue weighted by molar-refractivity contribution is 7.52. The number of nitrogens with zero attached hydrogens (tertiary/aromatic N) is 1. The molecular weight excluding hydrogens is 516 g/mol. The second-order valence-corrected chi connectivity index (χ2v) is 10.6. The molecule has 204 valence electrons. The van der Waals surface area contributed by atoms with Gasteiger partial charge in [-0.1, -0.05) is 18.2 Å². The summed E-state index contributed by atoms with van der Waals surface area (Å²) in [6.07, 6.45) is -3.63. The number of aliphatic hydroxyl groups excluding tert-OH is 1. The van der Waals surface area contributed by atoms with Gasteiger partial charge in [0, 0.05) is 12.3 Å². The largest absolute Gasteiger partial charge is 0.462 e. The first-order valence-electron chi connectivity index (χ1n) is 11.2. The van der Waals surface area contributed by atoms with Gasteiger partial charge < -0.3 is 24.2 Å². The lowest BCUT2D eigenvalue weighted by Crippen LogP contribution is -2.50. The van der Waals surface area contributed by atoms with Crippen LogP contribution in [0.25, 0.3) is 0 Å². The standard InChI is InChI=1S/C22H29FN3O10P/c1-13(2)34-17(28)14(3)25-37(32,36-15-8-6-5-7-9-15)33-12-22(23)18(29)21(4,31)19(35-22)26-11-10-16(27)24-20(26)30/h5-11,13-14,18-19,29,31H,12H2,1-4H3,(H,25,32)(H,24,27,30)/t14?,18-,19+,21+,22+,37-/m0/s1. The van der Waals surface area contributed by atoms with Crippen LogP contribution in [-0.4, -0.2) is 62.0 Å². The lowest BCUT2D eigenvalue weighted by Gasteiger charge is -2.29. The van der Waals surface area contributed by atoms with Gasteiger partial charge >= 0.3 is 19.4 Å². The maximum atomic E-state index is 15.8. The third kappa shape index (κ3) is 6.53. The molecule has 6 atom stereocenters. The van der Waals surface area contributed by atoms with Crippen molar-refractivity contribution in [1.29, 1.82) is 0 Å². The Morgan fingerprint density at radius 1 is 1.27 bits per heavy atom. The molecule has 1 saturated heterocycles. The van der Waals surface area contributed by atoms with Crippen LogP contribution in [0.2, 0.25) is 0 Å². The van der Waals surface area contributed by atoms with Crippen LogP contribution in [-0.2, 0) is 23.4 Å². The molecule has 1 aliphatic heterocycles. The van der Waals surface area contributed by atoms with Crippen molar-refractivity contribution in [3.8, 4) is 5.75 Å². The minimum Gasteiger partial charge on any atom is -0.462 e. The monoisotopic (exact) mass is 545 g/mol. The van der Waals surface area contributed by atoms with Gasteiger partial charge in [-0.2, -0.15) is 5.09 Å². The summed E-state index contributed by atoms with van der Waals surface area (Å²) in [5.74, 6) is -3.95. The summed E-state index contributed by atoms with van der Waals surface area (Å²) >= 11 is 0. The molecule has 0 amide bonds. The van der Waals surface area contributed by atoms with E-state index in [9.17, 15) is 29.2 Å². The normalized spacial score (nSPS) is 28.0. The number of aromatic amines is 1. The molecule has 0 saturated carbocycles. The van der Waals surface area contributed by atoms with E-state index in [0.29, 0.717) is 4.57 Å². The highest BCUT2D eigenvalue weighted by Gasteiger charge is 2.63. The van der Waals surface area contributed by atoms with Crippen LogP contribution in [0.5, 0.6) is 5.75 Å². The average Bonchev–Trinajstić information content (AvgIpc) is 2.98. The number of nitrogens with one attached hydrogen (secondary N) is 2. The van der Waals surface area contributed by atoms with Crippen LogP contribution in [0.3, 0.4) is 0 Å². The predicted octanol–water partition coefficient (Wildman–Crippen LogP) is 0.977. The summed E-state index contributed by atoms with van der Waals surface area (Å²) in [4.78, 5) is 37.7. The zero-order valence-corrected chi connectivity index (χ0v) is 21.4. The van der Waals surface area contributed by atoms with Crippen molar-refractivity contribution in [3.05, 3.63) is 63.4 Å². The minimum atomic E-state index is -4.55. The first kappa shape index (κ1) is 28.7. The van der Waals surface area contributed by atoms with Crippen molar-refractivity contribution in [2.75, 3.05) is 6.61 Å². The Morgan fingerprint density at radius 3 is 2.51 bits per heavy atom. The molecule has 37 heavy (non-hydrogen) atoms. The zero-order valence-electron chi connectivity index (χ0n) is 20.5. The fourth-order valence-electron chi connectivity index (χ4n) is 3.51. The molecule has 1 aromatic heterocycles. The van der Waals surface area contributed by atoms with Crippen LogP contribution >= 0.6 is 7.75 Å². The average molecular weight is 545 g/mol. The number of alkyl halides is 1. The number of aromatic nitrogens is 2. The molecule has 1 aliphatic rings. The van der Waals surface area contributed by atoms with Crippen LogP contribution in [0, 0.1) is 0 Å². The Labute approximate surface area is 210 Å². The number of ether oxygens (including phenoxy) is 2. The summed E-state index contributed by atoms with van der Waals surface area (Å²) in [7, 11) is -4.55. The molecule has 1 unspecified atom stereocenters. The number of halogens is 1. The van der Waals surface area contributed by atoms with Gasteiger partial charge in [0.25, 0.3) is 11.4 Å². The quantitative estimate of drug-likeness (QED) is 0.247. The summed E-state index contributed by atoms with van der Waals surface area (Å²) in [5.41, 5.74) is -4.18. The number of para-hydroxylation sites is 1. The van der Waals surface area contributed by atoms with Crippen LogP contribution in [0.15, 0.2) is 52.2 Å². The molecule has 13 nitrogen and oxygen atoms in total. The Balaban J connectivity index is 1.86. The first-order chi connectivity index (χ1) is 17.2. The van der Waals surface area contributed by atoms with E-state index in [0.717, 1.165) is 19.2 Å². The molecule has 0 bridgehead atoms. The Morgan fingerprint density at radius 2 is 1.92 bits per heavy atom. The van der Waals surface area contributed by atoms with E-state index < -0.39 is 67.5 Å².